The molecule has 1 aromatic carbocycles. The largest absolute Gasteiger partial charge is 0.395 e. The van der Waals surface area contributed by atoms with Gasteiger partial charge in [0.25, 0.3) is 0 Å². The van der Waals surface area contributed by atoms with E-state index >= 15 is 0 Å². The maximum absolute atomic E-state index is 12.0. The number of hydrogen-bond acceptors (Lipinski definition) is 4. The Labute approximate surface area is 97.6 Å². The van der Waals surface area contributed by atoms with Crippen molar-refractivity contribution < 1.29 is 9.90 Å². The fraction of sp³-hybridized carbons (Fsp3) is 0.154. The number of benzene rings is 1. The summed E-state index contributed by atoms with van der Waals surface area (Å²) in [6, 6.07) is 7.42. The zero-order chi connectivity index (χ0) is 11.8. The molecule has 1 unspecified atom stereocenters. The van der Waals surface area contributed by atoms with Crippen LogP contribution in [0.2, 0.25) is 0 Å². The molecule has 0 fully saturated rings. The van der Waals surface area contributed by atoms with Gasteiger partial charge < -0.3 is 5.11 Å². The van der Waals surface area contributed by atoms with E-state index in [0.29, 0.717) is 16.9 Å². The first-order chi connectivity index (χ1) is 8.29. The predicted octanol–water partition coefficient (Wildman–Crippen LogP) is 1.45. The molecule has 4 heteroatoms. The Morgan fingerprint density at radius 1 is 1.18 bits per heavy atom. The molecule has 0 radical (unpaired) electrons. The zero-order valence-electron chi connectivity index (χ0n) is 9.00. The number of Topliss-reactive ketones (excluding diaryl/α,β-unsaturated/α-hetero) is 1. The Balaban J connectivity index is 2.24. The molecule has 84 valence electrons. The van der Waals surface area contributed by atoms with E-state index in [-0.39, 0.29) is 12.4 Å². The molecule has 0 spiro atoms. The van der Waals surface area contributed by atoms with Gasteiger partial charge in [0.15, 0.2) is 5.78 Å². The Hall–Kier alpha value is -2.07. The monoisotopic (exact) mass is 226 g/mol. The highest BCUT2D eigenvalue weighted by Gasteiger charge is 2.25. The van der Waals surface area contributed by atoms with Crippen LogP contribution in [-0.4, -0.2) is 27.5 Å². The van der Waals surface area contributed by atoms with Gasteiger partial charge in [0.05, 0.1) is 29.3 Å². The fourth-order valence-corrected chi connectivity index (χ4v) is 1.93. The molecule has 1 heterocycles. The average Bonchev–Trinajstić information content (AvgIpc) is 2.37. The maximum atomic E-state index is 12.0. The molecule has 4 nitrogen and oxygen atoms in total. The van der Waals surface area contributed by atoms with Crippen LogP contribution in [0.25, 0.3) is 17.1 Å². The lowest BCUT2D eigenvalue weighted by Crippen LogP contribution is -2.22. The van der Waals surface area contributed by atoms with Crippen LogP contribution < -0.4 is 0 Å². The summed E-state index contributed by atoms with van der Waals surface area (Å²) in [5.74, 6) is -0.652. The number of aliphatic hydroxyl groups is 1. The van der Waals surface area contributed by atoms with E-state index < -0.39 is 5.92 Å². The highest BCUT2D eigenvalue weighted by molar-refractivity contribution is 6.03. The molecule has 3 rings (SSSR count). The number of nitrogens with zero attached hydrogens (tertiary/aromatic N) is 2. The van der Waals surface area contributed by atoms with Crippen molar-refractivity contribution in [3.05, 3.63) is 41.7 Å². The number of carbonyl (C=O) groups excluding carboxylic acids is 1. The topological polar surface area (TPSA) is 63.1 Å². The van der Waals surface area contributed by atoms with E-state index in [1.165, 1.54) is 0 Å². The second-order valence-electron chi connectivity index (χ2n) is 3.96. The summed E-state index contributed by atoms with van der Waals surface area (Å²) in [6.07, 6.45) is 3.42. The molecule has 2 aromatic rings. The van der Waals surface area contributed by atoms with Gasteiger partial charge in [-0.05, 0) is 18.2 Å². The number of fused-ring (bicyclic) bond motifs is 2. The standard InChI is InChI=1S/C13H10N2O2/c16-7-8-5-6-11-12(13(8)17)15-10-4-2-1-3-9(10)14-11/h1-6,8,16H,7H2. The number of para-hydroxylation sites is 2. The van der Waals surface area contributed by atoms with E-state index in [1.54, 1.807) is 12.2 Å². The second-order valence-corrected chi connectivity index (χ2v) is 3.96. The van der Waals surface area contributed by atoms with Gasteiger partial charge in [-0.2, -0.15) is 0 Å². The maximum Gasteiger partial charge on any atom is 0.192 e. The van der Waals surface area contributed by atoms with Crippen LogP contribution in [-0.2, 0) is 0 Å². The predicted molar refractivity (Wildman–Crippen MR) is 63.5 cm³/mol. The molecule has 0 amide bonds. The minimum atomic E-state index is -0.488. The highest BCUT2D eigenvalue weighted by Crippen LogP contribution is 2.22. The van der Waals surface area contributed by atoms with Gasteiger partial charge in [0, 0.05) is 0 Å². The van der Waals surface area contributed by atoms with Gasteiger partial charge in [-0.15, -0.1) is 0 Å². The van der Waals surface area contributed by atoms with Gasteiger partial charge in [0.2, 0.25) is 0 Å². The van der Waals surface area contributed by atoms with Crippen LogP contribution in [0.5, 0.6) is 0 Å². The van der Waals surface area contributed by atoms with Crippen LogP contribution in [0.3, 0.4) is 0 Å². The van der Waals surface area contributed by atoms with Crippen LogP contribution in [0.15, 0.2) is 30.3 Å². The molecule has 0 aliphatic heterocycles. The van der Waals surface area contributed by atoms with E-state index in [9.17, 15) is 4.79 Å². The molecule has 0 saturated heterocycles. The Morgan fingerprint density at radius 3 is 2.59 bits per heavy atom. The van der Waals surface area contributed by atoms with Crippen molar-refractivity contribution in [2.24, 2.45) is 5.92 Å². The molecule has 0 saturated carbocycles. The molecule has 1 N–H and O–H groups in total. The van der Waals surface area contributed by atoms with Crippen molar-refractivity contribution in [2.75, 3.05) is 6.61 Å². The summed E-state index contributed by atoms with van der Waals surface area (Å²) >= 11 is 0. The Bertz CT molecular complexity index is 634. The Morgan fingerprint density at radius 2 is 1.88 bits per heavy atom. The van der Waals surface area contributed by atoms with Crippen molar-refractivity contribution >= 4 is 22.9 Å². The van der Waals surface area contributed by atoms with E-state index in [2.05, 4.69) is 9.97 Å². The number of ketones is 1. The summed E-state index contributed by atoms with van der Waals surface area (Å²) < 4.78 is 0. The lowest BCUT2D eigenvalue weighted by atomic mass is 9.95. The minimum absolute atomic E-state index is 0.164. The molecule has 1 aliphatic rings. The van der Waals surface area contributed by atoms with E-state index in [1.807, 2.05) is 24.3 Å². The van der Waals surface area contributed by atoms with Gasteiger partial charge in [-0.1, -0.05) is 18.2 Å². The van der Waals surface area contributed by atoms with Crippen LogP contribution in [0.1, 0.15) is 16.2 Å². The van der Waals surface area contributed by atoms with Crippen molar-refractivity contribution in [3.63, 3.8) is 0 Å². The van der Waals surface area contributed by atoms with Gasteiger partial charge >= 0.3 is 0 Å². The molecule has 17 heavy (non-hydrogen) atoms. The van der Waals surface area contributed by atoms with Gasteiger partial charge in [-0.3, -0.25) is 4.79 Å². The average molecular weight is 226 g/mol. The quantitative estimate of drug-likeness (QED) is 0.799. The minimum Gasteiger partial charge on any atom is -0.395 e. The smallest absolute Gasteiger partial charge is 0.192 e. The fourth-order valence-electron chi connectivity index (χ4n) is 1.93. The van der Waals surface area contributed by atoms with Crippen LogP contribution >= 0.6 is 0 Å². The van der Waals surface area contributed by atoms with Crippen molar-refractivity contribution in [3.8, 4) is 0 Å². The van der Waals surface area contributed by atoms with E-state index in [0.717, 1.165) is 5.52 Å². The Kier molecular flexibility index (Phi) is 2.23. The van der Waals surface area contributed by atoms with Gasteiger partial charge in [-0.25, -0.2) is 9.97 Å². The normalized spacial score (nSPS) is 18.4. The molecular weight excluding hydrogens is 216 g/mol. The zero-order valence-corrected chi connectivity index (χ0v) is 9.00. The van der Waals surface area contributed by atoms with E-state index in [4.69, 9.17) is 5.11 Å². The molecule has 0 bridgehead atoms. The van der Waals surface area contributed by atoms with Crippen LogP contribution in [0.4, 0.5) is 0 Å². The number of aliphatic hydroxyl groups excluding tert-OH is 1. The molecule has 1 aliphatic carbocycles. The third-order valence-electron chi connectivity index (χ3n) is 2.85. The summed E-state index contributed by atoms with van der Waals surface area (Å²) in [7, 11) is 0. The lowest BCUT2D eigenvalue weighted by Gasteiger charge is -2.15. The first-order valence-electron chi connectivity index (χ1n) is 5.39. The number of aromatic nitrogens is 2. The van der Waals surface area contributed by atoms with Crippen molar-refractivity contribution in [2.45, 2.75) is 0 Å². The SMILES string of the molecule is O=C1c2nc3ccccc3nc2C=CC1CO. The van der Waals surface area contributed by atoms with Crippen molar-refractivity contribution in [1.29, 1.82) is 0 Å². The van der Waals surface area contributed by atoms with Crippen molar-refractivity contribution in [1.82, 2.24) is 9.97 Å². The summed E-state index contributed by atoms with van der Waals surface area (Å²) in [5.41, 5.74) is 2.40. The van der Waals surface area contributed by atoms with Gasteiger partial charge in [0.1, 0.15) is 5.69 Å². The first kappa shape index (κ1) is 10.1. The summed E-state index contributed by atoms with van der Waals surface area (Å²) in [4.78, 5) is 20.7. The number of rotatable bonds is 1. The summed E-state index contributed by atoms with van der Waals surface area (Å²) in [5, 5.41) is 9.08. The molecular formula is C13H10N2O2. The number of carbonyl (C=O) groups is 1. The first-order valence-corrected chi connectivity index (χ1v) is 5.39. The molecule has 1 atom stereocenters. The van der Waals surface area contributed by atoms with Crippen LogP contribution in [0, 0.1) is 5.92 Å². The lowest BCUT2D eigenvalue weighted by molar-refractivity contribution is 0.0893. The third kappa shape index (κ3) is 1.54. The molecule has 1 aromatic heterocycles. The second kappa shape index (κ2) is 3.75. The summed E-state index contributed by atoms with van der Waals surface area (Å²) in [6.45, 7) is -0.191. The third-order valence-corrected chi connectivity index (χ3v) is 2.85. The highest BCUT2D eigenvalue weighted by atomic mass is 16.3. The number of hydrogen-bond donors (Lipinski definition) is 1.